The van der Waals surface area contributed by atoms with Crippen LogP contribution in [0.3, 0.4) is 0 Å². The second kappa shape index (κ2) is 5.31. The van der Waals surface area contributed by atoms with E-state index in [2.05, 4.69) is 4.98 Å². The Hall–Kier alpha value is -2.36. The Balaban J connectivity index is 2.31. The van der Waals surface area contributed by atoms with Crippen molar-refractivity contribution < 1.29 is 9.52 Å². The molecule has 0 amide bonds. The highest BCUT2D eigenvalue weighted by molar-refractivity contribution is 5.65. The van der Waals surface area contributed by atoms with Gasteiger partial charge >= 0.3 is 5.63 Å². The molecule has 0 radical (unpaired) electrons. The third kappa shape index (κ3) is 2.66. The first-order valence-corrected chi connectivity index (χ1v) is 5.67. The van der Waals surface area contributed by atoms with Crippen molar-refractivity contribution in [2.45, 2.75) is 13.3 Å². The molecule has 0 fully saturated rings. The molecule has 18 heavy (non-hydrogen) atoms. The van der Waals surface area contributed by atoms with E-state index >= 15 is 0 Å². The van der Waals surface area contributed by atoms with Crippen molar-refractivity contribution in [3.63, 3.8) is 0 Å². The summed E-state index contributed by atoms with van der Waals surface area (Å²) in [6.45, 7) is 1.76. The fourth-order valence-electron chi connectivity index (χ4n) is 1.55. The SMILES string of the molecule is CCc1c(O)nc(/C=C/c2ccccc2)oc1=O. The van der Waals surface area contributed by atoms with Gasteiger partial charge in [0.2, 0.25) is 11.8 Å². The highest BCUT2D eigenvalue weighted by Crippen LogP contribution is 2.12. The van der Waals surface area contributed by atoms with E-state index in [-0.39, 0.29) is 17.3 Å². The van der Waals surface area contributed by atoms with E-state index in [0.29, 0.717) is 6.42 Å². The van der Waals surface area contributed by atoms with Crippen LogP contribution in [0.2, 0.25) is 0 Å². The molecule has 0 aliphatic carbocycles. The molecular formula is C14H13NO3. The first kappa shape index (κ1) is 12.1. The van der Waals surface area contributed by atoms with Crippen molar-refractivity contribution in [3.8, 4) is 5.88 Å². The molecule has 2 aromatic rings. The Kier molecular flexibility index (Phi) is 3.57. The first-order chi connectivity index (χ1) is 8.70. The monoisotopic (exact) mass is 243 g/mol. The summed E-state index contributed by atoms with van der Waals surface area (Å²) in [4.78, 5) is 15.3. The largest absolute Gasteiger partial charge is 0.493 e. The van der Waals surface area contributed by atoms with E-state index in [0.717, 1.165) is 5.56 Å². The smallest absolute Gasteiger partial charge is 0.346 e. The van der Waals surface area contributed by atoms with Crippen molar-refractivity contribution in [2.75, 3.05) is 0 Å². The lowest BCUT2D eigenvalue weighted by atomic mass is 10.2. The lowest BCUT2D eigenvalue weighted by Crippen LogP contribution is -2.08. The van der Waals surface area contributed by atoms with Crippen molar-refractivity contribution in [2.24, 2.45) is 0 Å². The van der Waals surface area contributed by atoms with Gasteiger partial charge < -0.3 is 9.52 Å². The maximum Gasteiger partial charge on any atom is 0.346 e. The maximum absolute atomic E-state index is 11.5. The van der Waals surface area contributed by atoms with Gasteiger partial charge in [-0.15, -0.1) is 0 Å². The molecule has 4 nitrogen and oxygen atoms in total. The van der Waals surface area contributed by atoms with Crippen LogP contribution in [0.15, 0.2) is 39.5 Å². The third-order valence-electron chi connectivity index (χ3n) is 2.50. The molecule has 0 saturated carbocycles. The van der Waals surface area contributed by atoms with E-state index in [1.165, 1.54) is 0 Å². The average Bonchev–Trinajstić information content (AvgIpc) is 2.37. The van der Waals surface area contributed by atoms with Crippen LogP contribution < -0.4 is 5.63 Å². The van der Waals surface area contributed by atoms with Crippen LogP contribution in [-0.4, -0.2) is 10.1 Å². The van der Waals surface area contributed by atoms with E-state index in [1.54, 1.807) is 19.1 Å². The fraction of sp³-hybridized carbons (Fsp3) is 0.143. The maximum atomic E-state index is 11.5. The van der Waals surface area contributed by atoms with Crippen LogP contribution in [0.4, 0.5) is 0 Å². The summed E-state index contributed by atoms with van der Waals surface area (Å²) in [7, 11) is 0. The summed E-state index contributed by atoms with van der Waals surface area (Å²) in [5.41, 5.74) is 0.616. The van der Waals surface area contributed by atoms with Crippen molar-refractivity contribution in [3.05, 3.63) is 57.8 Å². The van der Waals surface area contributed by atoms with Crippen LogP contribution in [-0.2, 0) is 6.42 Å². The summed E-state index contributed by atoms with van der Waals surface area (Å²) in [6, 6.07) is 9.54. The molecule has 1 aromatic heterocycles. The predicted molar refractivity (Wildman–Crippen MR) is 69.2 cm³/mol. The predicted octanol–water partition coefficient (Wildman–Crippen LogP) is 2.47. The molecule has 1 aromatic carbocycles. The Labute approximate surface area is 104 Å². The molecule has 0 spiro atoms. The van der Waals surface area contributed by atoms with E-state index in [1.807, 2.05) is 30.3 Å². The van der Waals surface area contributed by atoms with Gasteiger partial charge in [-0.2, -0.15) is 4.98 Å². The second-order valence-corrected chi connectivity index (χ2v) is 3.74. The Morgan fingerprint density at radius 2 is 2.00 bits per heavy atom. The fourth-order valence-corrected chi connectivity index (χ4v) is 1.55. The quantitative estimate of drug-likeness (QED) is 0.899. The highest BCUT2D eigenvalue weighted by Gasteiger charge is 2.08. The highest BCUT2D eigenvalue weighted by atomic mass is 16.4. The summed E-state index contributed by atoms with van der Waals surface area (Å²) >= 11 is 0. The molecule has 0 aliphatic heterocycles. The van der Waals surface area contributed by atoms with Gasteiger partial charge in [-0.1, -0.05) is 37.3 Å². The standard InChI is InChI=1S/C14H13NO3/c1-2-11-13(16)15-12(18-14(11)17)9-8-10-6-4-3-5-7-10/h3-9,16H,2H2,1H3/b9-8+. The normalized spacial score (nSPS) is 10.9. The number of hydrogen-bond donors (Lipinski definition) is 1. The van der Waals surface area contributed by atoms with Gasteiger partial charge in [0.25, 0.3) is 0 Å². The lowest BCUT2D eigenvalue weighted by molar-refractivity contribution is 0.399. The van der Waals surface area contributed by atoms with Crippen molar-refractivity contribution >= 4 is 12.2 Å². The van der Waals surface area contributed by atoms with Gasteiger partial charge in [-0.25, -0.2) is 4.79 Å². The molecule has 4 heteroatoms. The minimum absolute atomic E-state index is 0.0959. The average molecular weight is 243 g/mol. The van der Waals surface area contributed by atoms with E-state index in [4.69, 9.17) is 4.42 Å². The van der Waals surface area contributed by atoms with Crippen molar-refractivity contribution in [1.29, 1.82) is 0 Å². The van der Waals surface area contributed by atoms with Gasteiger partial charge in [0.1, 0.15) is 0 Å². The lowest BCUT2D eigenvalue weighted by Gasteiger charge is -1.99. The number of nitrogens with zero attached hydrogens (tertiary/aromatic N) is 1. The molecule has 0 atom stereocenters. The number of benzene rings is 1. The minimum atomic E-state index is -0.544. The van der Waals surface area contributed by atoms with Gasteiger partial charge in [0.15, 0.2) is 0 Å². The van der Waals surface area contributed by atoms with E-state index in [9.17, 15) is 9.90 Å². The van der Waals surface area contributed by atoms with Crippen molar-refractivity contribution in [1.82, 2.24) is 4.98 Å². The number of rotatable bonds is 3. The third-order valence-corrected chi connectivity index (χ3v) is 2.50. The summed E-state index contributed by atoms with van der Waals surface area (Å²) < 4.78 is 4.99. The number of aromatic hydroxyl groups is 1. The van der Waals surface area contributed by atoms with Crippen LogP contribution in [0.5, 0.6) is 5.88 Å². The molecule has 2 rings (SSSR count). The number of hydrogen-bond acceptors (Lipinski definition) is 4. The Morgan fingerprint density at radius 1 is 1.28 bits per heavy atom. The molecule has 0 bridgehead atoms. The van der Waals surface area contributed by atoms with Gasteiger partial charge in [0.05, 0.1) is 5.56 Å². The number of aromatic nitrogens is 1. The molecular weight excluding hydrogens is 230 g/mol. The molecule has 1 heterocycles. The van der Waals surface area contributed by atoms with Crippen LogP contribution in [0.25, 0.3) is 12.2 Å². The summed E-state index contributed by atoms with van der Waals surface area (Å²) in [6.07, 6.45) is 3.70. The molecule has 0 unspecified atom stereocenters. The minimum Gasteiger partial charge on any atom is -0.493 e. The first-order valence-electron chi connectivity index (χ1n) is 5.67. The zero-order valence-corrected chi connectivity index (χ0v) is 9.96. The molecule has 0 aliphatic rings. The summed E-state index contributed by atoms with van der Waals surface area (Å²) in [5, 5.41) is 9.56. The second-order valence-electron chi connectivity index (χ2n) is 3.74. The van der Waals surface area contributed by atoms with Crippen LogP contribution in [0.1, 0.15) is 23.9 Å². The molecule has 1 N–H and O–H groups in total. The van der Waals surface area contributed by atoms with Crippen LogP contribution >= 0.6 is 0 Å². The summed E-state index contributed by atoms with van der Waals surface area (Å²) in [5.74, 6) is -0.167. The zero-order valence-electron chi connectivity index (χ0n) is 9.96. The molecule has 92 valence electrons. The van der Waals surface area contributed by atoms with Crippen LogP contribution in [0, 0.1) is 0 Å². The van der Waals surface area contributed by atoms with Gasteiger partial charge in [-0.3, -0.25) is 0 Å². The van der Waals surface area contributed by atoms with Gasteiger partial charge in [0, 0.05) is 6.08 Å². The topological polar surface area (TPSA) is 63.3 Å². The molecule has 0 saturated heterocycles. The zero-order chi connectivity index (χ0) is 13.0. The van der Waals surface area contributed by atoms with Gasteiger partial charge in [-0.05, 0) is 18.1 Å². The Morgan fingerprint density at radius 3 is 2.61 bits per heavy atom. The van der Waals surface area contributed by atoms with E-state index < -0.39 is 5.63 Å². The Bertz CT molecular complexity index is 615.